The predicted octanol–water partition coefficient (Wildman–Crippen LogP) is 7.11. The predicted molar refractivity (Wildman–Crippen MR) is 107 cm³/mol. The molecule has 0 N–H and O–H groups in total. The monoisotopic (exact) mass is 373 g/mol. The Bertz CT molecular complexity index is 1280. The second-order valence-electron chi connectivity index (χ2n) is 6.31. The number of halogens is 2. The lowest BCUT2D eigenvalue weighted by Gasteiger charge is -2.04. The SMILES string of the molecule is Fc1ccc2c(oc3c(-c4ccc(Cl)cn4)cccc32)c1-c1ccccc1. The molecule has 0 aliphatic heterocycles. The van der Waals surface area contributed by atoms with Gasteiger partial charge in [0.1, 0.15) is 17.0 Å². The molecule has 0 amide bonds. The lowest BCUT2D eigenvalue weighted by atomic mass is 10.0. The molecule has 27 heavy (non-hydrogen) atoms. The van der Waals surface area contributed by atoms with Crippen molar-refractivity contribution in [3.05, 3.63) is 89.8 Å². The molecule has 5 rings (SSSR count). The van der Waals surface area contributed by atoms with Crippen molar-refractivity contribution in [3.8, 4) is 22.4 Å². The maximum atomic E-state index is 14.7. The number of benzene rings is 3. The van der Waals surface area contributed by atoms with Crippen molar-refractivity contribution in [1.29, 1.82) is 0 Å². The average molecular weight is 374 g/mol. The number of pyridine rings is 1. The van der Waals surface area contributed by atoms with E-state index in [9.17, 15) is 4.39 Å². The number of hydrogen-bond acceptors (Lipinski definition) is 2. The molecule has 2 nitrogen and oxygen atoms in total. The van der Waals surface area contributed by atoms with Gasteiger partial charge in [0.2, 0.25) is 0 Å². The normalized spacial score (nSPS) is 11.3. The molecule has 2 heterocycles. The first-order chi connectivity index (χ1) is 13.2. The summed E-state index contributed by atoms with van der Waals surface area (Å²) in [4.78, 5) is 4.40. The van der Waals surface area contributed by atoms with Gasteiger partial charge in [0, 0.05) is 22.5 Å². The van der Waals surface area contributed by atoms with Crippen LogP contribution in [-0.2, 0) is 0 Å². The zero-order valence-electron chi connectivity index (χ0n) is 14.1. The Balaban J connectivity index is 1.85. The minimum Gasteiger partial charge on any atom is -0.455 e. The van der Waals surface area contributed by atoms with E-state index in [4.69, 9.17) is 16.0 Å². The second kappa shape index (κ2) is 6.22. The lowest BCUT2D eigenvalue weighted by Crippen LogP contribution is -1.84. The fourth-order valence-corrected chi connectivity index (χ4v) is 3.56. The number of nitrogens with zero attached hydrogens (tertiary/aromatic N) is 1. The number of para-hydroxylation sites is 1. The minimum absolute atomic E-state index is 0.307. The van der Waals surface area contributed by atoms with Gasteiger partial charge in [0.15, 0.2) is 0 Å². The third-order valence-corrected chi connectivity index (χ3v) is 4.91. The lowest BCUT2D eigenvalue weighted by molar-refractivity contribution is 0.622. The van der Waals surface area contributed by atoms with Crippen molar-refractivity contribution in [3.63, 3.8) is 0 Å². The Morgan fingerprint density at radius 2 is 1.59 bits per heavy atom. The van der Waals surface area contributed by atoms with Crippen molar-refractivity contribution in [1.82, 2.24) is 4.98 Å². The molecule has 0 aliphatic rings. The van der Waals surface area contributed by atoms with Crippen LogP contribution >= 0.6 is 11.6 Å². The van der Waals surface area contributed by atoms with E-state index in [0.717, 1.165) is 27.6 Å². The van der Waals surface area contributed by atoms with Crippen molar-refractivity contribution in [2.75, 3.05) is 0 Å². The molecule has 5 aromatic rings. The summed E-state index contributed by atoms with van der Waals surface area (Å²) in [6.45, 7) is 0. The van der Waals surface area contributed by atoms with Gasteiger partial charge in [-0.2, -0.15) is 0 Å². The smallest absolute Gasteiger partial charge is 0.146 e. The van der Waals surface area contributed by atoms with Crippen molar-refractivity contribution in [2.45, 2.75) is 0 Å². The maximum absolute atomic E-state index is 14.7. The highest BCUT2D eigenvalue weighted by molar-refractivity contribution is 6.30. The summed E-state index contributed by atoms with van der Waals surface area (Å²) in [7, 11) is 0. The van der Waals surface area contributed by atoms with Crippen molar-refractivity contribution < 1.29 is 8.81 Å². The van der Waals surface area contributed by atoms with Gasteiger partial charge in [-0.1, -0.05) is 54.1 Å². The Kier molecular flexibility index (Phi) is 3.69. The number of furan rings is 1. The van der Waals surface area contributed by atoms with Gasteiger partial charge in [-0.05, 0) is 35.9 Å². The van der Waals surface area contributed by atoms with E-state index in [2.05, 4.69) is 4.98 Å². The summed E-state index contributed by atoms with van der Waals surface area (Å²) in [5, 5.41) is 2.38. The van der Waals surface area contributed by atoms with Crippen molar-refractivity contribution >= 4 is 33.5 Å². The highest BCUT2D eigenvalue weighted by atomic mass is 35.5. The number of hydrogen-bond donors (Lipinski definition) is 0. The highest BCUT2D eigenvalue weighted by Crippen LogP contribution is 2.40. The van der Waals surface area contributed by atoms with E-state index in [1.54, 1.807) is 18.3 Å². The summed E-state index contributed by atoms with van der Waals surface area (Å²) < 4.78 is 20.9. The fourth-order valence-electron chi connectivity index (χ4n) is 3.45. The van der Waals surface area contributed by atoms with Gasteiger partial charge in [-0.3, -0.25) is 4.98 Å². The van der Waals surface area contributed by atoms with Crippen LogP contribution < -0.4 is 0 Å². The summed E-state index contributed by atoms with van der Waals surface area (Å²) in [6.07, 6.45) is 1.60. The summed E-state index contributed by atoms with van der Waals surface area (Å²) >= 11 is 5.96. The molecule has 4 heteroatoms. The summed E-state index contributed by atoms with van der Waals surface area (Å²) in [5.74, 6) is -0.307. The molecule has 130 valence electrons. The first-order valence-electron chi connectivity index (χ1n) is 8.53. The molecule has 0 atom stereocenters. The molecule has 0 bridgehead atoms. The molecular formula is C23H13ClFNO. The standard InChI is InChI=1S/C23H13ClFNO/c24-15-9-12-20(26-13-15)18-8-4-7-16-17-10-11-19(25)21(23(17)27-22(16)18)14-5-2-1-3-6-14/h1-13H. The molecule has 3 aromatic carbocycles. The van der Waals surface area contributed by atoms with Crippen LogP contribution in [0.4, 0.5) is 4.39 Å². The molecule has 0 unspecified atom stereocenters. The Hall–Kier alpha value is -3.17. The molecular weight excluding hydrogens is 361 g/mol. The summed E-state index contributed by atoms with van der Waals surface area (Å²) in [5.41, 5.74) is 4.08. The topological polar surface area (TPSA) is 26.0 Å². The zero-order chi connectivity index (χ0) is 18.4. The Morgan fingerprint density at radius 1 is 0.778 bits per heavy atom. The van der Waals surface area contributed by atoms with E-state index >= 15 is 0 Å². The molecule has 0 fully saturated rings. The number of fused-ring (bicyclic) bond motifs is 3. The van der Waals surface area contributed by atoms with Gasteiger partial charge in [0.25, 0.3) is 0 Å². The van der Waals surface area contributed by atoms with Gasteiger partial charge in [0.05, 0.1) is 16.3 Å². The largest absolute Gasteiger partial charge is 0.455 e. The fraction of sp³-hybridized carbons (Fsp3) is 0. The van der Waals surface area contributed by atoms with Crippen LogP contribution in [0.3, 0.4) is 0 Å². The van der Waals surface area contributed by atoms with Gasteiger partial charge < -0.3 is 4.42 Å². The van der Waals surface area contributed by atoms with Gasteiger partial charge in [-0.25, -0.2) is 4.39 Å². The Labute approximate surface area is 159 Å². The molecule has 0 spiro atoms. The van der Waals surface area contributed by atoms with E-state index < -0.39 is 0 Å². The van der Waals surface area contributed by atoms with Crippen LogP contribution in [0.2, 0.25) is 5.02 Å². The third kappa shape index (κ3) is 2.59. The van der Waals surface area contributed by atoms with Crippen LogP contribution in [0.5, 0.6) is 0 Å². The van der Waals surface area contributed by atoms with Crippen LogP contribution in [0, 0.1) is 5.82 Å². The Morgan fingerprint density at radius 3 is 2.37 bits per heavy atom. The molecule has 0 saturated carbocycles. The molecule has 0 aliphatic carbocycles. The maximum Gasteiger partial charge on any atom is 0.146 e. The number of aromatic nitrogens is 1. The number of rotatable bonds is 2. The van der Waals surface area contributed by atoms with E-state index in [1.807, 2.05) is 54.6 Å². The van der Waals surface area contributed by atoms with Crippen LogP contribution in [0.25, 0.3) is 44.3 Å². The quantitative estimate of drug-likeness (QED) is 0.329. The van der Waals surface area contributed by atoms with E-state index in [0.29, 0.717) is 21.8 Å². The third-order valence-electron chi connectivity index (χ3n) is 4.68. The molecule has 0 radical (unpaired) electrons. The molecule has 0 saturated heterocycles. The minimum atomic E-state index is -0.307. The van der Waals surface area contributed by atoms with Crippen LogP contribution in [0.1, 0.15) is 0 Å². The summed E-state index contributed by atoms with van der Waals surface area (Å²) in [6, 6.07) is 22.2. The van der Waals surface area contributed by atoms with Crippen LogP contribution in [0.15, 0.2) is 83.4 Å². The van der Waals surface area contributed by atoms with Gasteiger partial charge >= 0.3 is 0 Å². The first kappa shape index (κ1) is 16.0. The van der Waals surface area contributed by atoms with E-state index in [-0.39, 0.29) is 5.82 Å². The highest BCUT2D eigenvalue weighted by Gasteiger charge is 2.18. The molecule has 2 aromatic heterocycles. The van der Waals surface area contributed by atoms with E-state index in [1.165, 1.54) is 6.07 Å². The van der Waals surface area contributed by atoms with Crippen molar-refractivity contribution in [2.24, 2.45) is 0 Å². The van der Waals surface area contributed by atoms with Crippen LogP contribution in [-0.4, -0.2) is 4.98 Å². The first-order valence-corrected chi connectivity index (χ1v) is 8.91. The van der Waals surface area contributed by atoms with Gasteiger partial charge in [-0.15, -0.1) is 0 Å². The average Bonchev–Trinajstić information content (AvgIpc) is 3.08. The zero-order valence-corrected chi connectivity index (χ0v) is 14.9. The second-order valence-corrected chi connectivity index (χ2v) is 6.75.